The number of halogens is 1. The van der Waals surface area contributed by atoms with Crippen molar-refractivity contribution >= 4 is 40.6 Å². The molecule has 38 heavy (non-hydrogen) atoms. The lowest BCUT2D eigenvalue weighted by atomic mass is 10.0. The van der Waals surface area contributed by atoms with Gasteiger partial charge in [0.15, 0.2) is 17.2 Å². The summed E-state index contributed by atoms with van der Waals surface area (Å²) in [5, 5.41) is 2.88. The molecule has 1 aromatic heterocycles. The van der Waals surface area contributed by atoms with Gasteiger partial charge in [0.1, 0.15) is 29.9 Å². The molecule has 1 aliphatic heterocycles. The van der Waals surface area contributed by atoms with Gasteiger partial charge in [0.25, 0.3) is 11.8 Å². The molecule has 5 N–H and O–H groups in total. The van der Waals surface area contributed by atoms with Gasteiger partial charge in [-0.1, -0.05) is 26.0 Å². The third kappa shape index (κ3) is 5.70. The lowest BCUT2D eigenvalue weighted by molar-refractivity contribution is -0.122. The van der Waals surface area contributed by atoms with Crippen molar-refractivity contribution in [3.8, 4) is 11.5 Å². The van der Waals surface area contributed by atoms with E-state index in [0.717, 1.165) is 0 Å². The van der Waals surface area contributed by atoms with Crippen LogP contribution in [0.5, 0.6) is 11.5 Å². The maximum absolute atomic E-state index is 14.1. The van der Waals surface area contributed by atoms with Gasteiger partial charge in [-0.05, 0) is 53.7 Å². The first kappa shape index (κ1) is 26.9. The summed E-state index contributed by atoms with van der Waals surface area (Å²) in [5.41, 5.74) is 11.7. The van der Waals surface area contributed by atoms with Crippen LogP contribution in [0.1, 0.15) is 52.0 Å². The average Bonchev–Trinajstić information content (AvgIpc) is 3.28. The number of aromatic nitrogens is 1. The van der Waals surface area contributed by atoms with E-state index in [1.807, 2.05) is 13.8 Å². The summed E-state index contributed by atoms with van der Waals surface area (Å²) < 4.78 is 29.1. The number of anilines is 2. The van der Waals surface area contributed by atoms with Crippen LogP contribution >= 0.6 is 11.5 Å². The topological polar surface area (TPSA) is 150 Å². The number of carbonyl (C=O) groups is 3. The van der Waals surface area contributed by atoms with Crippen LogP contribution in [0.3, 0.4) is 0 Å². The highest BCUT2D eigenvalue weighted by atomic mass is 32.1. The fraction of sp³-hybridized carbons (Fsp3) is 0.308. The number of nitrogens with one attached hydrogen (secondary N) is 1. The Bertz CT molecular complexity index is 1340. The van der Waals surface area contributed by atoms with Gasteiger partial charge in [-0.3, -0.25) is 19.3 Å². The molecule has 2 aromatic carbocycles. The Labute approximate surface area is 222 Å². The number of primary amides is 1. The van der Waals surface area contributed by atoms with Gasteiger partial charge in [-0.25, -0.2) is 4.39 Å². The van der Waals surface area contributed by atoms with Crippen LogP contribution < -0.4 is 31.2 Å². The fourth-order valence-electron chi connectivity index (χ4n) is 3.95. The van der Waals surface area contributed by atoms with E-state index >= 15 is 0 Å². The second-order valence-corrected chi connectivity index (χ2v) is 9.84. The lowest BCUT2D eigenvalue weighted by Gasteiger charge is -2.32. The first-order valence-corrected chi connectivity index (χ1v) is 12.8. The summed E-state index contributed by atoms with van der Waals surface area (Å²) in [5.74, 6) is -1.36. The van der Waals surface area contributed by atoms with Gasteiger partial charge in [0.2, 0.25) is 5.91 Å². The Morgan fingerprint density at radius 3 is 2.42 bits per heavy atom. The number of nitrogen functional groups attached to an aromatic ring is 1. The van der Waals surface area contributed by atoms with Gasteiger partial charge >= 0.3 is 0 Å². The summed E-state index contributed by atoms with van der Waals surface area (Å²) in [7, 11) is 0. The highest BCUT2D eigenvalue weighted by Crippen LogP contribution is 2.39. The van der Waals surface area contributed by atoms with E-state index in [4.69, 9.17) is 20.9 Å². The van der Waals surface area contributed by atoms with Crippen LogP contribution in [-0.4, -0.2) is 41.9 Å². The van der Waals surface area contributed by atoms with E-state index in [0.29, 0.717) is 66.4 Å². The summed E-state index contributed by atoms with van der Waals surface area (Å²) in [6, 6.07) is 8.89. The van der Waals surface area contributed by atoms with E-state index in [1.54, 1.807) is 18.2 Å². The molecular weight excluding hydrogens is 513 g/mol. The van der Waals surface area contributed by atoms with Gasteiger partial charge in [0, 0.05) is 18.3 Å². The largest absolute Gasteiger partial charge is 0.486 e. The molecule has 0 radical (unpaired) electrons. The van der Waals surface area contributed by atoms with Crippen molar-refractivity contribution in [3.63, 3.8) is 0 Å². The molecule has 0 saturated heterocycles. The van der Waals surface area contributed by atoms with E-state index in [2.05, 4.69) is 9.69 Å². The van der Waals surface area contributed by atoms with Crippen LogP contribution in [0.2, 0.25) is 0 Å². The SMILES string of the molecule is CC(C)CCNC(=O)C(c1ccc(F)cc1)N(C(=O)c1snc(C(N)=O)c1N)c1ccc2c(c1)OCCO2. The molecule has 0 saturated carbocycles. The number of benzene rings is 2. The van der Waals surface area contributed by atoms with Crippen molar-refractivity contribution in [1.29, 1.82) is 0 Å². The standard InChI is InChI=1S/C26H28FN5O5S/c1-14(2)9-10-30-25(34)22(15-3-5-16(27)6-4-15)32(17-7-8-18-19(13-17)37-12-11-36-18)26(35)23-20(28)21(24(29)33)31-38-23/h3-8,13-14,22H,9-12,28H2,1-2H3,(H2,29,33)(H,30,34). The zero-order valence-electron chi connectivity index (χ0n) is 20.9. The molecule has 3 aromatic rings. The Balaban J connectivity index is 1.85. The predicted molar refractivity (Wildman–Crippen MR) is 141 cm³/mol. The maximum Gasteiger partial charge on any atom is 0.273 e. The quantitative estimate of drug-likeness (QED) is 0.376. The van der Waals surface area contributed by atoms with Crippen molar-refractivity contribution in [1.82, 2.24) is 9.69 Å². The molecule has 4 rings (SSSR count). The molecule has 1 atom stereocenters. The van der Waals surface area contributed by atoms with Crippen LogP contribution in [0, 0.1) is 11.7 Å². The molecule has 1 unspecified atom stereocenters. The molecule has 200 valence electrons. The third-order valence-corrected chi connectivity index (χ3v) is 6.74. The van der Waals surface area contributed by atoms with Crippen molar-refractivity contribution < 1.29 is 28.2 Å². The Kier molecular flexibility index (Phi) is 8.10. The van der Waals surface area contributed by atoms with Crippen molar-refractivity contribution in [2.24, 2.45) is 11.7 Å². The number of fused-ring (bicyclic) bond motifs is 1. The highest BCUT2D eigenvalue weighted by Gasteiger charge is 2.36. The predicted octanol–water partition coefficient (Wildman–Crippen LogP) is 3.28. The number of rotatable bonds is 9. The molecule has 0 spiro atoms. The molecule has 1 aliphatic rings. The number of carbonyl (C=O) groups excluding carboxylic acids is 3. The summed E-state index contributed by atoms with van der Waals surface area (Å²) in [6.45, 7) is 5.10. The molecule has 0 fully saturated rings. The summed E-state index contributed by atoms with van der Waals surface area (Å²) >= 11 is 0.698. The average molecular weight is 542 g/mol. The van der Waals surface area contributed by atoms with Crippen LogP contribution in [-0.2, 0) is 4.79 Å². The molecule has 0 aliphatic carbocycles. The Morgan fingerprint density at radius 2 is 1.79 bits per heavy atom. The van der Waals surface area contributed by atoms with Crippen molar-refractivity contribution in [2.75, 3.05) is 30.4 Å². The zero-order valence-corrected chi connectivity index (χ0v) is 21.7. The van der Waals surface area contributed by atoms with E-state index in [-0.39, 0.29) is 16.3 Å². The second-order valence-electron chi connectivity index (χ2n) is 9.07. The third-order valence-electron chi connectivity index (χ3n) is 5.89. The minimum Gasteiger partial charge on any atom is -0.486 e. The number of nitrogens with zero attached hydrogens (tertiary/aromatic N) is 2. The fourth-order valence-corrected chi connectivity index (χ4v) is 4.69. The van der Waals surface area contributed by atoms with Crippen LogP contribution in [0.25, 0.3) is 0 Å². The zero-order chi connectivity index (χ0) is 27.4. The Morgan fingerprint density at radius 1 is 1.11 bits per heavy atom. The summed E-state index contributed by atoms with van der Waals surface area (Å²) in [4.78, 5) is 40.7. The van der Waals surface area contributed by atoms with E-state index in [1.165, 1.54) is 29.2 Å². The van der Waals surface area contributed by atoms with E-state index in [9.17, 15) is 18.8 Å². The molecular formula is C26H28FN5O5S. The second kappa shape index (κ2) is 11.5. The first-order valence-electron chi connectivity index (χ1n) is 12.0. The molecule has 10 nitrogen and oxygen atoms in total. The normalized spacial score (nSPS) is 13.2. The number of hydrogen-bond donors (Lipinski definition) is 3. The number of nitrogens with two attached hydrogens (primary N) is 2. The number of ether oxygens (including phenoxy) is 2. The monoisotopic (exact) mass is 541 g/mol. The first-order chi connectivity index (χ1) is 18.2. The smallest absolute Gasteiger partial charge is 0.273 e. The van der Waals surface area contributed by atoms with Crippen LogP contribution in [0.4, 0.5) is 15.8 Å². The molecule has 12 heteroatoms. The van der Waals surface area contributed by atoms with Gasteiger partial charge in [-0.2, -0.15) is 4.37 Å². The molecule has 2 heterocycles. The van der Waals surface area contributed by atoms with Gasteiger partial charge in [0.05, 0.1) is 5.69 Å². The van der Waals surface area contributed by atoms with Gasteiger partial charge in [-0.15, -0.1) is 0 Å². The van der Waals surface area contributed by atoms with Crippen molar-refractivity contribution in [3.05, 3.63) is 64.4 Å². The number of hydrogen-bond acceptors (Lipinski definition) is 8. The summed E-state index contributed by atoms with van der Waals surface area (Å²) in [6.07, 6.45) is 0.712. The lowest BCUT2D eigenvalue weighted by Crippen LogP contribution is -2.44. The van der Waals surface area contributed by atoms with Gasteiger partial charge < -0.3 is 26.3 Å². The highest BCUT2D eigenvalue weighted by molar-refractivity contribution is 7.09. The minimum absolute atomic E-state index is 0.0734. The minimum atomic E-state index is -1.23. The maximum atomic E-state index is 14.1. The Hall–Kier alpha value is -4.19. The molecule has 0 bridgehead atoms. The van der Waals surface area contributed by atoms with Crippen molar-refractivity contribution in [2.45, 2.75) is 26.3 Å². The van der Waals surface area contributed by atoms with Crippen LogP contribution in [0.15, 0.2) is 42.5 Å². The van der Waals surface area contributed by atoms with E-state index < -0.39 is 29.6 Å². The number of amides is 3. The molecule has 3 amide bonds.